The molecule has 8 nitrogen and oxygen atoms in total. The number of rotatable bonds is 7. The van der Waals surface area contributed by atoms with Crippen molar-refractivity contribution in [3.05, 3.63) is 53.6 Å². The van der Waals surface area contributed by atoms with Crippen molar-refractivity contribution in [3.63, 3.8) is 0 Å². The third-order valence-electron chi connectivity index (χ3n) is 5.50. The van der Waals surface area contributed by atoms with Crippen LogP contribution < -0.4 is 10.6 Å². The lowest BCUT2D eigenvalue weighted by Gasteiger charge is -2.37. The van der Waals surface area contributed by atoms with E-state index >= 15 is 0 Å². The highest BCUT2D eigenvalue weighted by molar-refractivity contribution is 5.98. The number of aryl methyl sites for hydroxylation is 1. The second-order valence-electron chi connectivity index (χ2n) is 7.89. The lowest BCUT2D eigenvalue weighted by molar-refractivity contribution is -0.200. The summed E-state index contributed by atoms with van der Waals surface area (Å²) in [6, 6.07) is 7.39. The zero-order valence-corrected chi connectivity index (χ0v) is 18.8. The Kier molecular flexibility index (Phi) is 7.76. The van der Waals surface area contributed by atoms with Crippen LogP contribution in [0.3, 0.4) is 0 Å². The van der Waals surface area contributed by atoms with Crippen LogP contribution in [-0.2, 0) is 16.2 Å². The molecule has 172 valence electrons. The van der Waals surface area contributed by atoms with E-state index in [1.54, 1.807) is 24.3 Å². The average Bonchev–Trinajstić information content (AvgIpc) is 2.76. The molecular formula is C23H30FN5O3. The molecule has 0 radical (unpaired) electrons. The van der Waals surface area contributed by atoms with Gasteiger partial charge in [0.2, 0.25) is 5.91 Å². The molecular weight excluding hydrogens is 413 g/mol. The molecule has 0 bridgehead atoms. The molecule has 3 amide bonds. The summed E-state index contributed by atoms with van der Waals surface area (Å²) in [4.78, 5) is 37.0. The Morgan fingerprint density at radius 2 is 1.97 bits per heavy atom. The van der Waals surface area contributed by atoms with Gasteiger partial charge in [0.1, 0.15) is 5.82 Å². The van der Waals surface area contributed by atoms with Gasteiger partial charge in [0.25, 0.3) is 0 Å². The van der Waals surface area contributed by atoms with Gasteiger partial charge in [0.05, 0.1) is 30.2 Å². The molecule has 0 atom stereocenters. The Balaban J connectivity index is 1.73. The molecule has 2 heterocycles. The minimum absolute atomic E-state index is 0.0480. The van der Waals surface area contributed by atoms with Crippen LogP contribution in [0, 0.1) is 12.7 Å². The zero-order chi connectivity index (χ0) is 23.3. The number of piperidine rings is 1. The van der Waals surface area contributed by atoms with Crippen molar-refractivity contribution in [3.8, 4) is 0 Å². The normalized spacial score (nSPS) is 14.9. The van der Waals surface area contributed by atoms with Crippen LogP contribution in [0.1, 0.15) is 37.9 Å². The number of anilines is 2. The number of nitrogens with zero attached hydrogens (tertiary/aromatic N) is 4. The van der Waals surface area contributed by atoms with Gasteiger partial charge in [-0.25, -0.2) is 14.2 Å². The number of hydrogen-bond donors (Lipinski definition) is 1. The summed E-state index contributed by atoms with van der Waals surface area (Å²) in [7, 11) is 0. The maximum atomic E-state index is 14.7. The highest BCUT2D eigenvalue weighted by Crippen LogP contribution is 2.29. The van der Waals surface area contributed by atoms with Gasteiger partial charge in [-0.3, -0.25) is 24.4 Å². The van der Waals surface area contributed by atoms with Gasteiger partial charge in [-0.2, -0.15) is 0 Å². The molecule has 32 heavy (non-hydrogen) atoms. The number of halogens is 1. The van der Waals surface area contributed by atoms with Crippen molar-refractivity contribution in [2.45, 2.75) is 46.2 Å². The molecule has 2 N–H and O–H groups in total. The number of hydroxylamine groups is 2. The first-order valence-electron chi connectivity index (χ1n) is 10.8. The number of pyridine rings is 1. The van der Waals surface area contributed by atoms with E-state index in [1.165, 1.54) is 24.3 Å². The number of nitrogens with two attached hydrogens (primary N) is 1. The Morgan fingerprint density at radius 3 is 2.53 bits per heavy atom. The maximum Gasteiger partial charge on any atom is 0.324 e. The topological polar surface area (TPSA) is 92.0 Å². The molecule has 1 fully saturated rings. The van der Waals surface area contributed by atoms with Crippen molar-refractivity contribution in [1.29, 1.82) is 0 Å². The summed E-state index contributed by atoms with van der Waals surface area (Å²) in [6.07, 6.45) is 3.07. The molecule has 1 aliphatic rings. The Labute approximate surface area is 187 Å². The smallest absolute Gasteiger partial charge is 0.324 e. The van der Waals surface area contributed by atoms with Crippen molar-refractivity contribution >= 4 is 23.3 Å². The SMILES string of the molecule is CCON(C(C)=O)C1CCN(Cc2ccc(F)c(N(C(N)=O)c3ccc(C)nc3)c2)CC1. The monoisotopic (exact) mass is 443 g/mol. The fourth-order valence-corrected chi connectivity index (χ4v) is 3.97. The van der Waals surface area contributed by atoms with E-state index < -0.39 is 11.8 Å². The number of primary amides is 1. The largest absolute Gasteiger partial charge is 0.351 e. The third kappa shape index (κ3) is 5.60. The first-order chi connectivity index (χ1) is 15.3. The minimum atomic E-state index is -0.784. The predicted molar refractivity (Wildman–Crippen MR) is 120 cm³/mol. The van der Waals surface area contributed by atoms with Crippen molar-refractivity contribution in [2.75, 3.05) is 24.6 Å². The molecule has 9 heteroatoms. The van der Waals surface area contributed by atoms with Crippen molar-refractivity contribution < 1.29 is 18.8 Å². The van der Waals surface area contributed by atoms with E-state index in [-0.39, 0.29) is 17.6 Å². The van der Waals surface area contributed by atoms with Gasteiger partial charge in [-0.15, -0.1) is 0 Å². The van der Waals surface area contributed by atoms with Crippen LogP contribution in [0.15, 0.2) is 36.5 Å². The highest BCUT2D eigenvalue weighted by atomic mass is 19.1. The summed E-state index contributed by atoms with van der Waals surface area (Å²) < 4.78 is 14.7. The number of aromatic nitrogens is 1. The fraction of sp³-hybridized carbons (Fsp3) is 0.435. The van der Waals surface area contributed by atoms with Gasteiger partial charge in [-0.05, 0) is 56.5 Å². The number of likely N-dealkylation sites (tertiary alicyclic amines) is 1. The molecule has 1 aliphatic heterocycles. The molecule has 1 saturated heterocycles. The number of benzene rings is 1. The fourth-order valence-electron chi connectivity index (χ4n) is 3.97. The van der Waals surface area contributed by atoms with E-state index in [1.807, 2.05) is 13.8 Å². The molecule has 3 rings (SSSR count). The number of carbonyl (C=O) groups is 2. The molecule has 0 saturated carbocycles. The Bertz CT molecular complexity index is 945. The van der Waals surface area contributed by atoms with E-state index in [9.17, 15) is 14.0 Å². The summed E-state index contributed by atoms with van der Waals surface area (Å²) in [5, 5.41) is 1.48. The van der Waals surface area contributed by atoms with Crippen LogP contribution in [0.25, 0.3) is 0 Å². The van der Waals surface area contributed by atoms with E-state index in [4.69, 9.17) is 10.6 Å². The highest BCUT2D eigenvalue weighted by Gasteiger charge is 2.27. The lowest BCUT2D eigenvalue weighted by Crippen LogP contribution is -2.46. The van der Waals surface area contributed by atoms with Crippen LogP contribution >= 0.6 is 0 Å². The van der Waals surface area contributed by atoms with Crippen LogP contribution in [0.5, 0.6) is 0 Å². The van der Waals surface area contributed by atoms with Crippen molar-refractivity contribution in [2.24, 2.45) is 5.73 Å². The van der Waals surface area contributed by atoms with Crippen LogP contribution in [-0.4, -0.2) is 52.6 Å². The maximum absolute atomic E-state index is 14.7. The summed E-state index contributed by atoms with van der Waals surface area (Å²) in [5.41, 5.74) is 7.71. The van der Waals surface area contributed by atoms with E-state index in [0.29, 0.717) is 18.8 Å². The standard InChI is InChI=1S/C23H30FN5O3/c1-4-32-29(17(3)30)19-9-11-27(12-10-19)15-18-6-8-21(24)22(13-18)28(23(25)31)20-7-5-16(2)26-14-20/h5-8,13-14,19H,4,9-12,15H2,1-3H3,(H2,25,31). The van der Waals surface area contributed by atoms with Gasteiger partial charge in [-0.1, -0.05) is 6.07 Å². The molecule has 1 aromatic carbocycles. The van der Waals surface area contributed by atoms with Crippen LogP contribution in [0.2, 0.25) is 0 Å². The number of hydrogen-bond acceptors (Lipinski definition) is 5. The first kappa shape index (κ1) is 23.6. The molecule has 1 aromatic heterocycles. The van der Waals surface area contributed by atoms with E-state index in [2.05, 4.69) is 9.88 Å². The molecule has 2 aromatic rings. The second-order valence-corrected chi connectivity index (χ2v) is 7.89. The minimum Gasteiger partial charge on any atom is -0.351 e. The number of amides is 3. The van der Waals surface area contributed by atoms with Gasteiger partial charge >= 0.3 is 6.03 Å². The molecule has 0 unspecified atom stereocenters. The summed E-state index contributed by atoms with van der Waals surface area (Å²) in [5.74, 6) is -0.633. The number of carbonyl (C=O) groups excluding carboxylic acids is 2. The first-order valence-corrected chi connectivity index (χ1v) is 10.8. The average molecular weight is 444 g/mol. The molecule has 0 spiro atoms. The third-order valence-corrected chi connectivity index (χ3v) is 5.50. The van der Waals surface area contributed by atoms with E-state index in [0.717, 1.165) is 42.1 Å². The predicted octanol–water partition coefficient (Wildman–Crippen LogP) is 3.51. The quantitative estimate of drug-likeness (QED) is 0.661. The number of urea groups is 1. The second kappa shape index (κ2) is 10.5. The molecule has 0 aliphatic carbocycles. The summed E-state index contributed by atoms with van der Waals surface area (Å²) >= 11 is 0. The van der Waals surface area contributed by atoms with Crippen molar-refractivity contribution in [1.82, 2.24) is 14.9 Å². The lowest BCUT2D eigenvalue weighted by atomic mass is 10.0. The van der Waals surface area contributed by atoms with Crippen LogP contribution in [0.4, 0.5) is 20.6 Å². The van der Waals surface area contributed by atoms with Gasteiger partial charge < -0.3 is 5.73 Å². The zero-order valence-electron chi connectivity index (χ0n) is 18.8. The Morgan fingerprint density at radius 1 is 1.25 bits per heavy atom. The van der Waals surface area contributed by atoms with Gasteiger partial charge in [0, 0.05) is 32.3 Å². The Hall–Kier alpha value is -3.04. The summed E-state index contributed by atoms with van der Waals surface area (Å²) in [6.45, 7) is 7.78. The van der Waals surface area contributed by atoms with Gasteiger partial charge in [0.15, 0.2) is 0 Å².